The summed E-state index contributed by atoms with van der Waals surface area (Å²) in [4.78, 5) is 29.0. The van der Waals surface area contributed by atoms with E-state index >= 15 is 0 Å². The number of aliphatic hydroxyl groups is 1. The first-order chi connectivity index (χ1) is 14.9. The molecule has 2 heterocycles. The normalized spacial score (nSPS) is 21.5. The van der Waals surface area contributed by atoms with E-state index < -0.39 is 11.6 Å². The van der Waals surface area contributed by atoms with Gasteiger partial charge in [-0.2, -0.15) is 0 Å². The highest BCUT2D eigenvalue weighted by atomic mass is 35.5. The van der Waals surface area contributed by atoms with Crippen LogP contribution < -0.4 is 9.64 Å². The van der Waals surface area contributed by atoms with E-state index in [1.807, 2.05) is 24.0 Å². The maximum absolute atomic E-state index is 13.1. The van der Waals surface area contributed by atoms with Crippen molar-refractivity contribution in [3.8, 4) is 5.75 Å². The highest BCUT2D eigenvalue weighted by molar-refractivity contribution is 6.30. The summed E-state index contributed by atoms with van der Waals surface area (Å²) in [7, 11) is 0. The van der Waals surface area contributed by atoms with E-state index in [0.29, 0.717) is 43.2 Å². The summed E-state index contributed by atoms with van der Waals surface area (Å²) in [5.74, 6) is 0.318. The first-order valence-electron chi connectivity index (χ1n) is 10.7. The summed E-state index contributed by atoms with van der Waals surface area (Å²) < 4.78 is 5.58. The van der Waals surface area contributed by atoms with Crippen molar-refractivity contribution in [2.75, 3.05) is 24.6 Å². The summed E-state index contributed by atoms with van der Waals surface area (Å²) in [6.45, 7) is 3.74. The molecule has 164 valence electrons. The Morgan fingerprint density at radius 3 is 2.32 bits per heavy atom. The quantitative estimate of drug-likeness (QED) is 0.690. The Labute approximate surface area is 187 Å². The maximum atomic E-state index is 13.1. The molecule has 0 bridgehead atoms. The summed E-state index contributed by atoms with van der Waals surface area (Å²) in [5.41, 5.74) is 0.453. The fourth-order valence-electron chi connectivity index (χ4n) is 4.34. The Balaban J connectivity index is 1.42. The molecule has 1 N–H and O–H groups in total. The summed E-state index contributed by atoms with van der Waals surface area (Å²) in [6.07, 6.45) is 2.06. The number of carbonyl (C=O) groups excluding carboxylic acids is 2. The molecule has 6 nitrogen and oxygen atoms in total. The SMILES string of the molecule is CCCOc1ccc(N2C(=O)C[C@@H](N3CCC(O)(c4ccc(Cl)cc4)CC3)C2=O)cc1. The predicted octanol–water partition coefficient (Wildman–Crippen LogP) is 3.74. The highest BCUT2D eigenvalue weighted by Gasteiger charge is 2.45. The number of amides is 2. The van der Waals surface area contributed by atoms with Crippen LogP contribution in [0.2, 0.25) is 5.02 Å². The number of nitrogens with zero attached hydrogens (tertiary/aromatic N) is 2. The van der Waals surface area contributed by atoms with Gasteiger partial charge in [0.05, 0.1) is 30.4 Å². The van der Waals surface area contributed by atoms with Crippen LogP contribution in [0, 0.1) is 0 Å². The molecule has 0 spiro atoms. The molecular weight excluding hydrogens is 416 g/mol. The second kappa shape index (κ2) is 8.99. The molecule has 2 aliphatic heterocycles. The zero-order chi connectivity index (χ0) is 22.0. The van der Waals surface area contributed by atoms with Gasteiger partial charge in [0.2, 0.25) is 5.91 Å². The van der Waals surface area contributed by atoms with E-state index in [-0.39, 0.29) is 18.2 Å². The van der Waals surface area contributed by atoms with Gasteiger partial charge in [0, 0.05) is 18.1 Å². The lowest BCUT2D eigenvalue weighted by Gasteiger charge is -2.40. The number of carbonyl (C=O) groups is 2. The van der Waals surface area contributed by atoms with Gasteiger partial charge >= 0.3 is 0 Å². The minimum absolute atomic E-state index is 0.159. The number of anilines is 1. The molecule has 2 aromatic rings. The van der Waals surface area contributed by atoms with E-state index in [4.69, 9.17) is 16.3 Å². The zero-order valence-electron chi connectivity index (χ0n) is 17.6. The molecule has 7 heteroatoms. The number of ether oxygens (including phenoxy) is 1. The molecule has 2 saturated heterocycles. The smallest absolute Gasteiger partial charge is 0.251 e. The maximum Gasteiger partial charge on any atom is 0.251 e. The van der Waals surface area contributed by atoms with E-state index in [2.05, 4.69) is 0 Å². The number of piperidine rings is 1. The molecular formula is C24H27ClN2O4. The average Bonchev–Trinajstić information content (AvgIpc) is 3.07. The first-order valence-corrected chi connectivity index (χ1v) is 11.1. The predicted molar refractivity (Wildman–Crippen MR) is 119 cm³/mol. The molecule has 0 aliphatic carbocycles. The van der Waals surface area contributed by atoms with Gasteiger partial charge in [0.1, 0.15) is 5.75 Å². The third kappa shape index (κ3) is 4.47. The van der Waals surface area contributed by atoms with Crippen LogP contribution in [-0.4, -0.2) is 47.6 Å². The number of hydrogen-bond acceptors (Lipinski definition) is 5. The molecule has 31 heavy (non-hydrogen) atoms. The van der Waals surface area contributed by atoms with E-state index in [1.54, 1.807) is 36.4 Å². The van der Waals surface area contributed by atoms with Crippen LogP contribution in [0.3, 0.4) is 0 Å². The lowest BCUT2D eigenvalue weighted by atomic mass is 9.84. The summed E-state index contributed by atoms with van der Waals surface area (Å²) in [6, 6.07) is 13.8. The van der Waals surface area contributed by atoms with Crippen molar-refractivity contribution in [2.24, 2.45) is 0 Å². The van der Waals surface area contributed by atoms with E-state index in [0.717, 1.165) is 17.7 Å². The van der Waals surface area contributed by atoms with Crippen molar-refractivity contribution >= 4 is 29.1 Å². The van der Waals surface area contributed by atoms with Crippen molar-refractivity contribution < 1.29 is 19.4 Å². The van der Waals surface area contributed by atoms with Crippen LogP contribution in [0.4, 0.5) is 5.69 Å². The number of likely N-dealkylation sites (tertiary alicyclic amines) is 1. The molecule has 2 fully saturated rings. The van der Waals surface area contributed by atoms with Crippen molar-refractivity contribution in [1.29, 1.82) is 0 Å². The monoisotopic (exact) mass is 442 g/mol. The number of hydrogen-bond donors (Lipinski definition) is 1. The fourth-order valence-corrected chi connectivity index (χ4v) is 4.46. The third-order valence-electron chi connectivity index (χ3n) is 6.14. The van der Waals surface area contributed by atoms with Gasteiger partial charge in [-0.15, -0.1) is 0 Å². The molecule has 4 rings (SSSR count). The van der Waals surface area contributed by atoms with E-state index in [9.17, 15) is 14.7 Å². The molecule has 0 radical (unpaired) electrons. The summed E-state index contributed by atoms with van der Waals surface area (Å²) in [5, 5.41) is 11.7. The van der Waals surface area contributed by atoms with Crippen LogP contribution >= 0.6 is 11.6 Å². The van der Waals surface area contributed by atoms with Gasteiger partial charge in [0.15, 0.2) is 0 Å². The number of imide groups is 1. The fraction of sp³-hybridized carbons (Fsp3) is 0.417. The number of rotatable bonds is 6. The molecule has 1 atom stereocenters. The summed E-state index contributed by atoms with van der Waals surface area (Å²) >= 11 is 5.96. The second-order valence-corrected chi connectivity index (χ2v) is 8.64. The molecule has 2 aromatic carbocycles. The number of halogens is 1. The standard InChI is InChI=1S/C24H27ClN2O4/c1-2-15-31-20-9-7-19(8-10-20)27-22(28)16-21(23(27)29)26-13-11-24(30,12-14-26)17-3-5-18(25)6-4-17/h3-10,21,30H,2,11-16H2,1H3/t21-/m1/s1. The molecule has 0 aromatic heterocycles. The van der Waals surface area contributed by atoms with Crippen LogP contribution in [0.5, 0.6) is 5.75 Å². The molecule has 0 saturated carbocycles. The van der Waals surface area contributed by atoms with Gasteiger partial charge in [-0.05, 0) is 61.2 Å². The van der Waals surface area contributed by atoms with Gasteiger partial charge in [-0.25, -0.2) is 4.90 Å². The largest absolute Gasteiger partial charge is 0.494 e. The van der Waals surface area contributed by atoms with Crippen molar-refractivity contribution in [1.82, 2.24) is 4.90 Å². The molecule has 2 aliphatic rings. The van der Waals surface area contributed by atoms with Gasteiger partial charge in [-0.3, -0.25) is 14.5 Å². The van der Waals surface area contributed by atoms with Crippen LogP contribution in [0.1, 0.15) is 38.2 Å². The average molecular weight is 443 g/mol. The minimum Gasteiger partial charge on any atom is -0.494 e. The Hall–Kier alpha value is -2.41. The molecule has 2 amide bonds. The Morgan fingerprint density at radius 2 is 1.71 bits per heavy atom. The van der Waals surface area contributed by atoms with Gasteiger partial charge < -0.3 is 9.84 Å². The van der Waals surface area contributed by atoms with Crippen LogP contribution in [-0.2, 0) is 15.2 Å². The van der Waals surface area contributed by atoms with Crippen molar-refractivity contribution in [3.05, 3.63) is 59.1 Å². The minimum atomic E-state index is -0.944. The topological polar surface area (TPSA) is 70.1 Å². The lowest BCUT2D eigenvalue weighted by molar-refractivity contribution is -0.124. The Morgan fingerprint density at radius 1 is 1.06 bits per heavy atom. The zero-order valence-corrected chi connectivity index (χ0v) is 18.3. The Kier molecular flexibility index (Phi) is 6.32. The van der Waals surface area contributed by atoms with Gasteiger partial charge in [0.25, 0.3) is 5.91 Å². The third-order valence-corrected chi connectivity index (χ3v) is 6.39. The van der Waals surface area contributed by atoms with E-state index in [1.165, 1.54) is 4.90 Å². The lowest BCUT2D eigenvalue weighted by Crippen LogP contribution is -2.49. The second-order valence-electron chi connectivity index (χ2n) is 8.20. The highest BCUT2D eigenvalue weighted by Crippen LogP contribution is 2.36. The Bertz CT molecular complexity index is 937. The van der Waals surface area contributed by atoms with Crippen LogP contribution in [0.15, 0.2) is 48.5 Å². The molecule has 0 unspecified atom stereocenters. The van der Waals surface area contributed by atoms with Crippen molar-refractivity contribution in [3.63, 3.8) is 0 Å². The van der Waals surface area contributed by atoms with Crippen LogP contribution in [0.25, 0.3) is 0 Å². The van der Waals surface area contributed by atoms with Crippen molar-refractivity contribution in [2.45, 2.75) is 44.2 Å². The first kappa shape index (κ1) is 21.8. The van der Waals surface area contributed by atoms with Gasteiger partial charge in [-0.1, -0.05) is 30.7 Å². The number of benzene rings is 2.